The van der Waals surface area contributed by atoms with Crippen LogP contribution < -0.4 is 4.74 Å². The van der Waals surface area contributed by atoms with E-state index < -0.39 is 23.5 Å². The lowest BCUT2D eigenvalue weighted by Crippen LogP contribution is -2.36. The highest BCUT2D eigenvalue weighted by molar-refractivity contribution is 7.65. The molecule has 0 saturated carbocycles. The zero-order valence-corrected chi connectivity index (χ0v) is 14.4. The minimum absolute atomic E-state index is 0.0141. The average molecular weight is 372 g/mol. The lowest BCUT2D eigenvalue weighted by atomic mass is 10.2. The molecule has 8 heteroatoms. The van der Waals surface area contributed by atoms with E-state index in [0.717, 1.165) is 18.6 Å². The number of benzene rings is 1. The van der Waals surface area contributed by atoms with Crippen molar-refractivity contribution >= 4 is 51.3 Å². The van der Waals surface area contributed by atoms with Gasteiger partial charge in [0.15, 0.2) is 11.6 Å². The molecule has 0 amide bonds. The molecule has 0 aliphatic rings. The van der Waals surface area contributed by atoms with Gasteiger partial charge in [-0.2, -0.15) is 0 Å². The molecule has 0 heterocycles. The Labute approximate surface area is 137 Å². The number of carboxylic acids is 1. The molecule has 1 N–H and O–H groups in total. The number of hydrogen-bond acceptors (Lipinski definition) is 2. The van der Waals surface area contributed by atoms with E-state index in [2.05, 4.69) is 0 Å². The summed E-state index contributed by atoms with van der Waals surface area (Å²) in [7, 11) is 0. The van der Waals surface area contributed by atoms with Gasteiger partial charge >= 0.3 is 12.0 Å². The van der Waals surface area contributed by atoms with Crippen LogP contribution in [0.2, 0.25) is 0 Å². The maximum atomic E-state index is 13.9. The molecule has 116 valence electrons. The smallest absolute Gasteiger partial charge is 0.381 e. The van der Waals surface area contributed by atoms with Crippen molar-refractivity contribution in [3.8, 4) is 5.75 Å². The molecule has 0 radical (unpaired) electrons. The van der Waals surface area contributed by atoms with Crippen LogP contribution in [0.4, 0.5) is 4.39 Å². The van der Waals surface area contributed by atoms with E-state index in [4.69, 9.17) is 43.1 Å². The van der Waals surface area contributed by atoms with Crippen LogP contribution in [0.3, 0.4) is 0 Å². The number of ether oxygens (including phenoxy) is 1. The fourth-order valence-electron chi connectivity index (χ4n) is 1.59. The van der Waals surface area contributed by atoms with Crippen molar-refractivity contribution < 1.29 is 19.0 Å². The number of rotatable bonds is 7. The van der Waals surface area contributed by atoms with E-state index in [1.54, 1.807) is 0 Å². The molecular formula is C13H14Cl3FO3Si. The molecule has 0 spiro atoms. The highest BCUT2D eigenvalue weighted by Gasteiger charge is 2.38. The second-order valence-electron chi connectivity index (χ2n) is 4.30. The first-order chi connectivity index (χ1) is 9.74. The summed E-state index contributed by atoms with van der Waals surface area (Å²) < 4.78 is 19.4. The number of aliphatic carboxylic acids is 1. The van der Waals surface area contributed by atoms with Crippen molar-refractivity contribution in [1.82, 2.24) is 0 Å². The number of hydrogen-bond donors (Lipinski definition) is 1. The van der Waals surface area contributed by atoms with Gasteiger partial charge in [-0.05, 0) is 30.2 Å². The quantitative estimate of drug-likeness (QED) is 0.430. The van der Waals surface area contributed by atoms with Crippen LogP contribution in [-0.2, 0) is 4.79 Å². The molecule has 0 bridgehead atoms. The van der Waals surface area contributed by atoms with Crippen LogP contribution in [0.25, 0.3) is 6.08 Å². The van der Waals surface area contributed by atoms with Gasteiger partial charge in [-0.25, -0.2) is 9.18 Å². The molecular weight excluding hydrogens is 358 g/mol. The third-order valence-corrected chi connectivity index (χ3v) is 5.89. The van der Waals surface area contributed by atoms with Crippen LogP contribution >= 0.6 is 33.2 Å². The Balaban J connectivity index is 2.91. The van der Waals surface area contributed by atoms with Gasteiger partial charge in [0.1, 0.15) is 5.73 Å². The predicted molar refractivity (Wildman–Crippen MR) is 85.7 cm³/mol. The van der Waals surface area contributed by atoms with E-state index in [1.807, 2.05) is 6.92 Å². The van der Waals surface area contributed by atoms with Crippen molar-refractivity contribution in [3.63, 3.8) is 0 Å². The van der Waals surface area contributed by atoms with Gasteiger partial charge in [0.25, 0.3) is 0 Å². The van der Waals surface area contributed by atoms with Crippen LogP contribution in [0.1, 0.15) is 25.3 Å². The summed E-state index contributed by atoms with van der Waals surface area (Å²) in [5.41, 5.74) is -0.233. The first kappa shape index (κ1) is 18.3. The third kappa shape index (κ3) is 6.26. The summed E-state index contributed by atoms with van der Waals surface area (Å²) >= 11 is 17.8. The maximum Gasteiger partial charge on any atom is 0.381 e. The number of halogens is 4. The van der Waals surface area contributed by atoms with Gasteiger partial charge in [-0.15, -0.1) is 33.2 Å². The molecule has 3 nitrogen and oxygen atoms in total. The zero-order chi connectivity index (χ0) is 16.0. The van der Waals surface area contributed by atoms with E-state index in [1.165, 1.54) is 18.2 Å². The molecule has 1 aromatic carbocycles. The van der Waals surface area contributed by atoms with Gasteiger partial charge in [-0.3, -0.25) is 0 Å². The number of carbonyl (C=O) groups is 1. The van der Waals surface area contributed by atoms with Crippen LogP contribution in [0.5, 0.6) is 5.75 Å². The molecule has 1 unspecified atom stereocenters. The average Bonchev–Trinajstić information content (AvgIpc) is 2.37. The number of carboxylic acid groups (broad SMARTS) is 1. The molecule has 0 saturated heterocycles. The molecule has 0 aromatic heterocycles. The van der Waals surface area contributed by atoms with Crippen molar-refractivity contribution in [2.24, 2.45) is 0 Å². The summed E-state index contributed by atoms with van der Waals surface area (Å²) in [5, 5.41) is 8.52. The Morgan fingerprint density at radius 1 is 1.48 bits per heavy atom. The molecule has 21 heavy (non-hydrogen) atoms. The van der Waals surface area contributed by atoms with E-state index in [0.29, 0.717) is 12.0 Å². The topological polar surface area (TPSA) is 46.5 Å². The summed E-state index contributed by atoms with van der Waals surface area (Å²) in [6, 6.07) is 0.965. The maximum absolute atomic E-state index is 13.9. The SMILES string of the molecule is CCCC(Oc1ccc(/C=C/C(=O)O)cc1F)[Si](Cl)(Cl)Cl. The Hall–Kier alpha value is -0.753. The molecule has 0 fully saturated rings. The molecule has 0 aliphatic carbocycles. The van der Waals surface area contributed by atoms with Crippen LogP contribution in [-0.4, -0.2) is 22.8 Å². The van der Waals surface area contributed by atoms with Crippen LogP contribution in [0, 0.1) is 5.82 Å². The fraction of sp³-hybridized carbons (Fsp3) is 0.308. The Morgan fingerprint density at radius 2 is 2.14 bits per heavy atom. The molecule has 0 aliphatic heterocycles. The minimum atomic E-state index is -3.12. The Bertz CT molecular complexity index is 532. The monoisotopic (exact) mass is 370 g/mol. The highest BCUT2D eigenvalue weighted by atomic mass is 35.8. The largest absolute Gasteiger partial charge is 0.487 e. The van der Waals surface area contributed by atoms with E-state index >= 15 is 0 Å². The van der Waals surface area contributed by atoms with Gasteiger partial charge in [-0.1, -0.05) is 19.4 Å². The molecule has 1 aromatic rings. The summed E-state index contributed by atoms with van der Waals surface area (Å²) in [6.07, 6.45) is 3.46. The van der Waals surface area contributed by atoms with Crippen molar-refractivity contribution in [3.05, 3.63) is 35.7 Å². The summed E-state index contributed by atoms with van der Waals surface area (Å²) in [4.78, 5) is 10.4. The van der Waals surface area contributed by atoms with Gasteiger partial charge in [0.2, 0.25) is 0 Å². The van der Waals surface area contributed by atoms with Gasteiger partial charge < -0.3 is 9.84 Å². The summed E-state index contributed by atoms with van der Waals surface area (Å²) in [5.74, 6) is -1.76. The second-order valence-corrected chi connectivity index (χ2v) is 13.1. The minimum Gasteiger partial charge on any atom is -0.487 e. The third-order valence-electron chi connectivity index (χ3n) is 2.56. The normalized spacial score (nSPS) is 13.4. The zero-order valence-electron chi connectivity index (χ0n) is 11.2. The first-order valence-corrected chi connectivity index (χ1v) is 11.3. The van der Waals surface area contributed by atoms with Crippen LogP contribution in [0.15, 0.2) is 24.3 Å². The van der Waals surface area contributed by atoms with Crippen molar-refractivity contribution in [1.29, 1.82) is 0 Å². The Kier molecular flexibility index (Phi) is 7.00. The lowest BCUT2D eigenvalue weighted by molar-refractivity contribution is -0.131. The Morgan fingerprint density at radius 3 is 2.62 bits per heavy atom. The standard InChI is InChI=1S/C13H14Cl3FO3Si/c1-2-3-13(21(14,15)16)20-11-6-4-9(8-10(11)17)5-7-12(18)19/h4-8,13H,2-3H2,1H3,(H,18,19)/b7-5+. The van der Waals surface area contributed by atoms with Gasteiger partial charge in [0.05, 0.1) is 0 Å². The molecule has 1 atom stereocenters. The fourth-order valence-corrected chi connectivity index (χ4v) is 3.85. The second kappa shape index (κ2) is 8.03. The summed E-state index contributed by atoms with van der Waals surface area (Å²) in [6.45, 7) is 1.91. The highest BCUT2D eigenvalue weighted by Crippen LogP contribution is 2.31. The first-order valence-electron chi connectivity index (χ1n) is 6.18. The lowest BCUT2D eigenvalue weighted by Gasteiger charge is -2.23. The van der Waals surface area contributed by atoms with Gasteiger partial charge in [0, 0.05) is 6.08 Å². The van der Waals surface area contributed by atoms with Crippen molar-refractivity contribution in [2.45, 2.75) is 25.5 Å². The molecule has 1 rings (SSSR count). The van der Waals surface area contributed by atoms with E-state index in [-0.39, 0.29) is 5.75 Å². The van der Waals surface area contributed by atoms with E-state index in [9.17, 15) is 9.18 Å². The predicted octanol–water partition coefficient (Wildman–Crippen LogP) is 4.67. The van der Waals surface area contributed by atoms with Crippen molar-refractivity contribution in [2.75, 3.05) is 0 Å².